The third kappa shape index (κ3) is 2.44. The number of nitro groups is 2. The van der Waals surface area contributed by atoms with Crippen LogP contribution in [0.3, 0.4) is 0 Å². The fraction of sp³-hybridized carbons (Fsp3) is 0.263. The van der Waals surface area contributed by atoms with Crippen molar-refractivity contribution in [2.75, 3.05) is 5.32 Å². The van der Waals surface area contributed by atoms with E-state index in [-0.39, 0.29) is 39.1 Å². The van der Waals surface area contributed by atoms with Gasteiger partial charge in [0.25, 0.3) is 11.4 Å². The number of anilines is 1. The van der Waals surface area contributed by atoms with E-state index in [4.69, 9.17) is 0 Å². The summed E-state index contributed by atoms with van der Waals surface area (Å²) in [5.74, 6) is 0.0969. The number of rotatable bonds is 3. The van der Waals surface area contributed by atoms with Crippen LogP contribution in [0.25, 0.3) is 0 Å². The number of nitro benzene ring substituents is 2. The third-order valence-electron chi connectivity index (χ3n) is 5.33. The molecule has 0 radical (unpaired) electrons. The summed E-state index contributed by atoms with van der Waals surface area (Å²) in [6.07, 6.45) is 4.90. The summed E-state index contributed by atoms with van der Waals surface area (Å²) in [6, 6.07) is 9.73. The summed E-state index contributed by atoms with van der Waals surface area (Å²) in [5, 5.41) is 26.2. The van der Waals surface area contributed by atoms with Crippen molar-refractivity contribution in [1.29, 1.82) is 0 Å². The standard InChI is InChI=1S/C19H17N3O4/c1-11-9-12(21(23)24)10-16-13-6-4-7-14(13)19(20-18(11)16)15-5-2-3-8-17(15)22(25)26/h2-6,8-10,13-14,19-20H,7H2,1H3/t13-,14+,19+/m1/s1. The van der Waals surface area contributed by atoms with Gasteiger partial charge in [0.2, 0.25) is 0 Å². The Bertz CT molecular complexity index is 954. The van der Waals surface area contributed by atoms with Crippen molar-refractivity contribution in [3.8, 4) is 0 Å². The molecule has 7 heteroatoms. The van der Waals surface area contributed by atoms with Gasteiger partial charge in [0.05, 0.1) is 21.5 Å². The van der Waals surface area contributed by atoms with Gasteiger partial charge in [-0.3, -0.25) is 20.2 Å². The van der Waals surface area contributed by atoms with Gasteiger partial charge in [-0.05, 0) is 30.4 Å². The van der Waals surface area contributed by atoms with E-state index >= 15 is 0 Å². The minimum absolute atomic E-state index is 0.00894. The molecule has 1 aliphatic heterocycles. The second-order valence-electron chi connectivity index (χ2n) is 6.78. The fourth-order valence-corrected chi connectivity index (χ4v) is 4.20. The van der Waals surface area contributed by atoms with Crippen LogP contribution in [0, 0.1) is 33.1 Å². The Morgan fingerprint density at radius 3 is 2.58 bits per heavy atom. The lowest BCUT2D eigenvalue weighted by Gasteiger charge is -2.37. The van der Waals surface area contributed by atoms with Crippen molar-refractivity contribution in [3.63, 3.8) is 0 Å². The molecule has 2 aliphatic rings. The Kier molecular flexibility index (Phi) is 3.72. The SMILES string of the molecule is Cc1cc([N+](=O)[O-])cc2c1N[C@H](c1ccccc1[N+](=O)[O-])[C@H]1CC=C[C@@H]21. The number of hydrogen-bond acceptors (Lipinski definition) is 5. The number of aryl methyl sites for hydroxylation is 1. The van der Waals surface area contributed by atoms with Crippen molar-refractivity contribution >= 4 is 17.1 Å². The quantitative estimate of drug-likeness (QED) is 0.493. The fourth-order valence-electron chi connectivity index (χ4n) is 4.20. The average molecular weight is 351 g/mol. The molecule has 4 rings (SSSR count). The lowest BCUT2D eigenvalue weighted by Crippen LogP contribution is -2.30. The predicted octanol–water partition coefficient (Wildman–Crippen LogP) is 4.64. The van der Waals surface area contributed by atoms with E-state index in [2.05, 4.69) is 17.5 Å². The summed E-state index contributed by atoms with van der Waals surface area (Å²) >= 11 is 0. The van der Waals surface area contributed by atoms with E-state index in [0.717, 1.165) is 23.2 Å². The summed E-state index contributed by atoms with van der Waals surface area (Å²) in [7, 11) is 0. The molecule has 7 nitrogen and oxygen atoms in total. The van der Waals surface area contributed by atoms with Crippen molar-refractivity contribution in [3.05, 3.63) is 85.5 Å². The largest absolute Gasteiger partial charge is 0.377 e. The van der Waals surface area contributed by atoms with E-state index in [1.165, 1.54) is 6.07 Å². The molecule has 1 aliphatic carbocycles. The lowest BCUT2D eigenvalue weighted by atomic mass is 9.76. The number of nitrogens with one attached hydrogen (secondary N) is 1. The molecule has 0 saturated heterocycles. The molecule has 26 heavy (non-hydrogen) atoms. The molecule has 0 fully saturated rings. The van der Waals surface area contributed by atoms with E-state index in [0.29, 0.717) is 5.56 Å². The third-order valence-corrected chi connectivity index (χ3v) is 5.33. The molecule has 1 N–H and O–H groups in total. The minimum Gasteiger partial charge on any atom is -0.377 e. The van der Waals surface area contributed by atoms with Gasteiger partial charge < -0.3 is 5.32 Å². The van der Waals surface area contributed by atoms with Crippen molar-refractivity contribution in [2.24, 2.45) is 5.92 Å². The van der Waals surface area contributed by atoms with Crippen LogP contribution in [0.4, 0.5) is 17.1 Å². The number of fused-ring (bicyclic) bond motifs is 3. The van der Waals surface area contributed by atoms with Crippen LogP contribution in [0.2, 0.25) is 0 Å². The molecule has 2 aromatic rings. The van der Waals surface area contributed by atoms with Crippen LogP contribution < -0.4 is 5.32 Å². The predicted molar refractivity (Wildman–Crippen MR) is 97.3 cm³/mol. The maximum absolute atomic E-state index is 11.5. The van der Waals surface area contributed by atoms with Crippen LogP contribution in [0.5, 0.6) is 0 Å². The zero-order chi connectivity index (χ0) is 18.4. The zero-order valence-corrected chi connectivity index (χ0v) is 14.1. The first-order valence-corrected chi connectivity index (χ1v) is 8.43. The second kappa shape index (κ2) is 5.94. The van der Waals surface area contributed by atoms with Gasteiger partial charge >= 0.3 is 0 Å². The molecule has 0 spiro atoms. The van der Waals surface area contributed by atoms with E-state index in [1.807, 2.05) is 6.92 Å². The molecule has 0 aromatic heterocycles. The van der Waals surface area contributed by atoms with Gasteiger partial charge in [0.1, 0.15) is 0 Å². The Hall–Kier alpha value is -3.22. The summed E-state index contributed by atoms with van der Waals surface area (Å²) in [5.41, 5.74) is 3.33. The normalized spacial score (nSPS) is 23.0. The number of hydrogen-bond donors (Lipinski definition) is 1. The van der Waals surface area contributed by atoms with Crippen LogP contribution in [-0.4, -0.2) is 9.85 Å². The van der Waals surface area contributed by atoms with Crippen molar-refractivity contribution in [1.82, 2.24) is 0 Å². The second-order valence-corrected chi connectivity index (χ2v) is 6.78. The van der Waals surface area contributed by atoms with Crippen LogP contribution in [-0.2, 0) is 0 Å². The molecule has 0 unspecified atom stereocenters. The van der Waals surface area contributed by atoms with Crippen LogP contribution in [0.1, 0.15) is 35.1 Å². The number of allylic oxidation sites excluding steroid dienone is 2. The van der Waals surface area contributed by atoms with Crippen molar-refractivity contribution in [2.45, 2.75) is 25.3 Å². The minimum atomic E-state index is -0.380. The number of non-ortho nitro benzene ring substituents is 1. The highest BCUT2D eigenvalue weighted by Gasteiger charge is 2.41. The van der Waals surface area contributed by atoms with Gasteiger partial charge in [-0.25, -0.2) is 0 Å². The van der Waals surface area contributed by atoms with E-state index in [1.54, 1.807) is 30.3 Å². The molecular formula is C19H17N3O4. The Balaban J connectivity index is 1.86. The molecular weight excluding hydrogens is 334 g/mol. The first-order chi connectivity index (χ1) is 12.5. The van der Waals surface area contributed by atoms with Gasteiger partial charge in [0.15, 0.2) is 0 Å². The number of nitrogens with zero attached hydrogens (tertiary/aromatic N) is 2. The molecule has 0 bridgehead atoms. The topological polar surface area (TPSA) is 98.3 Å². The van der Waals surface area contributed by atoms with E-state index in [9.17, 15) is 20.2 Å². The van der Waals surface area contributed by atoms with E-state index < -0.39 is 0 Å². The van der Waals surface area contributed by atoms with Crippen LogP contribution in [0.15, 0.2) is 48.6 Å². The molecule has 0 saturated carbocycles. The zero-order valence-electron chi connectivity index (χ0n) is 14.1. The van der Waals surface area contributed by atoms with Gasteiger partial charge in [0, 0.05) is 29.8 Å². The number of para-hydroxylation sites is 1. The Morgan fingerprint density at radius 2 is 1.85 bits per heavy atom. The first kappa shape index (κ1) is 16.3. The Morgan fingerprint density at radius 1 is 1.08 bits per heavy atom. The number of benzene rings is 2. The summed E-state index contributed by atoms with van der Waals surface area (Å²) < 4.78 is 0. The lowest BCUT2D eigenvalue weighted by molar-refractivity contribution is -0.385. The smallest absolute Gasteiger partial charge is 0.274 e. The van der Waals surface area contributed by atoms with Crippen LogP contribution >= 0.6 is 0 Å². The average Bonchev–Trinajstić information content (AvgIpc) is 3.11. The van der Waals surface area contributed by atoms with Gasteiger partial charge in [-0.1, -0.05) is 30.4 Å². The molecule has 3 atom stereocenters. The van der Waals surface area contributed by atoms with Gasteiger partial charge in [-0.2, -0.15) is 0 Å². The molecule has 2 aromatic carbocycles. The maximum Gasteiger partial charge on any atom is 0.274 e. The molecule has 132 valence electrons. The highest BCUT2D eigenvalue weighted by atomic mass is 16.6. The molecule has 0 amide bonds. The summed E-state index contributed by atoms with van der Waals surface area (Å²) in [6.45, 7) is 1.83. The highest BCUT2D eigenvalue weighted by molar-refractivity contribution is 5.68. The monoisotopic (exact) mass is 351 g/mol. The Labute approximate surface area is 149 Å². The molecule has 1 heterocycles. The first-order valence-electron chi connectivity index (χ1n) is 8.43. The van der Waals surface area contributed by atoms with Gasteiger partial charge in [-0.15, -0.1) is 0 Å². The summed E-state index contributed by atoms with van der Waals surface area (Å²) in [4.78, 5) is 22.0. The highest BCUT2D eigenvalue weighted by Crippen LogP contribution is 2.52. The van der Waals surface area contributed by atoms with Crippen molar-refractivity contribution < 1.29 is 9.85 Å². The maximum atomic E-state index is 11.5.